The number of unbranched alkanes of at least 4 members (excludes halogenated alkanes) is 31. The fourth-order valence-corrected chi connectivity index (χ4v) is 8.17. The van der Waals surface area contributed by atoms with E-state index in [4.69, 9.17) is 18.5 Å². The summed E-state index contributed by atoms with van der Waals surface area (Å²) in [5, 5.41) is 0. The summed E-state index contributed by atoms with van der Waals surface area (Å²) in [5.74, 6) is -0.312. The number of quaternary nitrogens is 1. The summed E-state index contributed by atoms with van der Waals surface area (Å²) < 4.78 is 35.2. The summed E-state index contributed by atoms with van der Waals surface area (Å²) in [6.45, 7) is 5.66. The van der Waals surface area contributed by atoms with Crippen LogP contribution >= 0.6 is 7.82 Å². The lowest BCUT2D eigenvalue weighted by atomic mass is 10.1. The molecular weight excluding hydrogens is 782 g/mol. The van der Waals surface area contributed by atoms with E-state index in [1.807, 2.05) is 21.1 Å². The van der Waals surface area contributed by atoms with Gasteiger partial charge in [0.25, 0.3) is 0 Å². The minimum atomic E-state index is -4.28. The van der Waals surface area contributed by atoms with Gasteiger partial charge >= 0.3 is 13.8 Å². The van der Waals surface area contributed by atoms with Gasteiger partial charge in [-0.05, 0) is 64.2 Å². The Labute approximate surface area is 379 Å². The highest BCUT2D eigenvalue weighted by Gasteiger charge is 2.26. The van der Waals surface area contributed by atoms with Crippen molar-refractivity contribution in [3.8, 4) is 0 Å². The van der Waals surface area contributed by atoms with E-state index in [9.17, 15) is 14.3 Å². The third kappa shape index (κ3) is 49.8. The average molecular weight is 885 g/mol. The maximum absolute atomic E-state index is 12.8. The molecule has 0 saturated carbocycles. The molecule has 362 valence electrons. The van der Waals surface area contributed by atoms with Gasteiger partial charge in [-0.15, -0.1) is 0 Å². The Balaban J connectivity index is 4.12. The summed E-state index contributed by atoms with van der Waals surface area (Å²) in [5.41, 5.74) is 0. The molecule has 1 N–H and O–H groups in total. The van der Waals surface area contributed by atoms with Crippen molar-refractivity contribution >= 4 is 13.8 Å². The highest BCUT2D eigenvalue weighted by Crippen LogP contribution is 2.43. The fraction of sp³-hybridized carbons (Fsp3) is 0.904. The minimum Gasteiger partial charge on any atom is -0.457 e. The summed E-state index contributed by atoms with van der Waals surface area (Å²) in [4.78, 5) is 23.0. The molecule has 0 aliphatic carbocycles. The third-order valence-electron chi connectivity index (χ3n) is 11.5. The van der Waals surface area contributed by atoms with Crippen molar-refractivity contribution in [3.05, 3.63) is 24.3 Å². The zero-order chi connectivity index (χ0) is 44.8. The van der Waals surface area contributed by atoms with Gasteiger partial charge < -0.3 is 18.9 Å². The zero-order valence-electron chi connectivity index (χ0n) is 41.2. The Bertz CT molecular complexity index is 1030. The number of allylic oxidation sites excluding steroid dienone is 4. The van der Waals surface area contributed by atoms with Crippen LogP contribution in [0.5, 0.6) is 0 Å². The van der Waals surface area contributed by atoms with Gasteiger partial charge in [0.05, 0.1) is 34.4 Å². The summed E-state index contributed by atoms with van der Waals surface area (Å²) in [7, 11) is 1.68. The molecule has 0 spiro atoms. The van der Waals surface area contributed by atoms with Gasteiger partial charge in [0.2, 0.25) is 0 Å². The average Bonchev–Trinajstić information content (AvgIpc) is 3.22. The normalized spacial score (nSPS) is 13.7. The zero-order valence-corrected chi connectivity index (χ0v) is 42.1. The van der Waals surface area contributed by atoms with Crippen LogP contribution in [0, 0.1) is 0 Å². The predicted octanol–water partition coefficient (Wildman–Crippen LogP) is 16.0. The van der Waals surface area contributed by atoms with Crippen LogP contribution < -0.4 is 0 Å². The van der Waals surface area contributed by atoms with Gasteiger partial charge in [-0.25, -0.2) is 4.57 Å². The Hall–Kier alpha value is -1.02. The number of carbonyl (C=O) groups is 1. The highest BCUT2D eigenvalue weighted by atomic mass is 31.2. The van der Waals surface area contributed by atoms with Crippen molar-refractivity contribution in [2.24, 2.45) is 0 Å². The summed E-state index contributed by atoms with van der Waals surface area (Å²) >= 11 is 0. The van der Waals surface area contributed by atoms with Crippen molar-refractivity contribution in [1.82, 2.24) is 0 Å². The van der Waals surface area contributed by atoms with Crippen LogP contribution in [0.4, 0.5) is 0 Å². The second kappa shape index (κ2) is 45.5. The second-order valence-electron chi connectivity index (χ2n) is 18.9. The molecule has 2 unspecified atom stereocenters. The molecule has 0 rings (SSSR count). The summed E-state index contributed by atoms with van der Waals surface area (Å²) in [6.07, 6.45) is 53.6. The SMILES string of the molecule is CCCCCCCC/C=C\CCCCCCCCCCCCOCC(COP(=O)(O)OCC[N+](C)(C)C)OC(=O)CCCCCCCCCCC/C=C\CCCCCCCC. The standard InChI is InChI=1S/C52H102NO7P/c1-6-8-10-12-14-16-18-20-22-24-26-28-30-32-34-36-38-40-42-44-47-57-49-51(50-59-61(55,56)58-48-46-53(3,4)5)60-52(54)45-43-41-39-37-35-33-31-29-27-25-23-21-19-17-15-13-11-9-7-2/h20-23,51H,6-19,24-50H2,1-5H3/p+1/b22-20-,23-21-. The predicted molar refractivity (Wildman–Crippen MR) is 261 cm³/mol. The Morgan fingerprint density at radius 3 is 1.25 bits per heavy atom. The van der Waals surface area contributed by atoms with Crippen molar-refractivity contribution in [3.63, 3.8) is 0 Å². The topological polar surface area (TPSA) is 91.3 Å². The van der Waals surface area contributed by atoms with E-state index < -0.39 is 13.9 Å². The van der Waals surface area contributed by atoms with Gasteiger partial charge in [-0.1, -0.05) is 199 Å². The van der Waals surface area contributed by atoms with Gasteiger partial charge in [-0.3, -0.25) is 13.8 Å². The van der Waals surface area contributed by atoms with Crippen LogP contribution in [-0.4, -0.2) is 75.6 Å². The van der Waals surface area contributed by atoms with E-state index >= 15 is 0 Å². The number of hydrogen-bond acceptors (Lipinski definition) is 6. The van der Waals surface area contributed by atoms with Crippen LogP contribution in [0.3, 0.4) is 0 Å². The van der Waals surface area contributed by atoms with Crippen molar-refractivity contribution in [2.75, 3.05) is 54.1 Å². The van der Waals surface area contributed by atoms with Crippen LogP contribution in [0.2, 0.25) is 0 Å². The van der Waals surface area contributed by atoms with E-state index in [0.29, 0.717) is 24.1 Å². The maximum Gasteiger partial charge on any atom is 0.472 e. The van der Waals surface area contributed by atoms with E-state index in [2.05, 4.69) is 38.2 Å². The smallest absolute Gasteiger partial charge is 0.457 e. The molecule has 0 aromatic rings. The Kier molecular flexibility index (Phi) is 44.8. The molecule has 0 aromatic heterocycles. The molecule has 0 aliphatic heterocycles. The van der Waals surface area contributed by atoms with Crippen LogP contribution in [0.25, 0.3) is 0 Å². The molecule has 0 aliphatic rings. The number of nitrogens with zero attached hydrogens (tertiary/aromatic N) is 1. The van der Waals surface area contributed by atoms with E-state index in [0.717, 1.165) is 32.1 Å². The fourth-order valence-electron chi connectivity index (χ4n) is 7.43. The minimum absolute atomic E-state index is 0.0898. The van der Waals surface area contributed by atoms with Gasteiger partial charge in [0, 0.05) is 13.0 Å². The molecule has 0 aromatic carbocycles. The molecule has 2 atom stereocenters. The molecule has 0 heterocycles. The molecular formula is C52H103NO7P+. The van der Waals surface area contributed by atoms with Crippen LogP contribution in [0.1, 0.15) is 245 Å². The number of rotatable bonds is 49. The molecule has 0 fully saturated rings. The number of carbonyl (C=O) groups excluding carboxylic acids is 1. The maximum atomic E-state index is 12.8. The molecule has 0 amide bonds. The summed E-state index contributed by atoms with van der Waals surface area (Å²) in [6, 6.07) is 0. The molecule has 0 bridgehead atoms. The third-order valence-corrected chi connectivity index (χ3v) is 12.5. The number of phosphoric acid groups is 1. The Morgan fingerprint density at radius 2 is 0.852 bits per heavy atom. The number of phosphoric ester groups is 1. The number of esters is 1. The lowest BCUT2D eigenvalue weighted by molar-refractivity contribution is -0.870. The Morgan fingerprint density at radius 1 is 0.492 bits per heavy atom. The molecule has 8 nitrogen and oxygen atoms in total. The van der Waals surface area contributed by atoms with E-state index in [1.54, 1.807) is 0 Å². The first-order valence-electron chi connectivity index (χ1n) is 26.1. The molecule has 0 saturated heterocycles. The number of ether oxygens (including phenoxy) is 2. The quantitative estimate of drug-likeness (QED) is 0.0214. The molecule has 61 heavy (non-hydrogen) atoms. The number of likely N-dealkylation sites (N-methyl/N-ethyl adjacent to an activating group) is 1. The van der Waals surface area contributed by atoms with Crippen molar-refractivity contribution in [2.45, 2.75) is 251 Å². The van der Waals surface area contributed by atoms with Crippen molar-refractivity contribution < 1.29 is 37.3 Å². The number of hydrogen-bond donors (Lipinski definition) is 1. The first kappa shape index (κ1) is 60.0. The van der Waals surface area contributed by atoms with E-state index in [1.165, 1.54) is 193 Å². The largest absolute Gasteiger partial charge is 0.472 e. The lowest BCUT2D eigenvalue weighted by Gasteiger charge is -2.24. The van der Waals surface area contributed by atoms with E-state index in [-0.39, 0.29) is 25.8 Å². The van der Waals surface area contributed by atoms with Crippen molar-refractivity contribution in [1.29, 1.82) is 0 Å². The first-order chi connectivity index (χ1) is 29.6. The monoisotopic (exact) mass is 885 g/mol. The van der Waals surface area contributed by atoms with Gasteiger partial charge in [0.15, 0.2) is 0 Å². The molecule has 9 heteroatoms. The van der Waals surface area contributed by atoms with Crippen LogP contribution in [0.15, 0.2) is 24.3 Å². The van der Waals surface area contributed by atoms with Crippen LogP contribution in [-0.2, 0) is 27.9 Å². The highest BCUT2D eigenvalue weighted by molar-refractivity contribution is 7.47. The van der Waals surface area contributed by atoms with Gasteiger partial charge in [0.1, 0.15) is 19.3 Å². The first-order valence-corrected chi connectivity index (χ1v) is 27.6. The molecule has 0 radical (unpaired) electrons. The lowest BCUT2D eigenvalue weighted by Crippen LogP contribution is -2.37. The second-order valence-corrected chi connectivity index (χ2v) is 20.4. The van der Waals surface area contributed by atoms with Gasteiger partial charge in [-0.2, -0.15) is 0 Å².